The SMILES string of the molecule is CCc1cc(C)c(C(=O)NCCC(=O)O)o1. The van der Waals surface area contributed by atoms with Gasteiger partial charge in [0.2, 0.25) is 0 Å². The molecule has 0 saturated carbocycles. The van der Waals surface area contributed by atoms with Crippen LogP contribution in [-0.2, 0) is 11.2 Å². The van der Waals surface area contributed by atoms with Crippen LogP contribution in [0.4, 0.5) is 0 Å². The van der Waals surface area contributed by atoms with Crippen LogP contribution < -0.4 is 5.32 Å². The molecule has 0 spiro atoms. The minimum atomic E-state index is -0.939. The molecule has 0 radical (unpaired) electrons. The Kier molecular flexibility index (Phi) is 4.10. The number of carbonyl (C=O) groups excluding carboxylic acids is 1. The summed E-state index contributed by atoms with van der Waals surface area (Å²) in [6, 6.07) is 1.81. The Morgan fingerprint density at radius 2 is 2.19 bits per heavy atom. The lowest BCUT2D eigenvalue weighted by molar-refractivity contribution is -0.136. The molecule has 0 fully saturated rings. The van der Waals surface area contributed by atoms with Crippen molar-refractivity contribution in [1.82, 2.24) is 5.32 Å². The molecule has 1 aromatic heterocycles. The first-order chi connectivity index (χ1) is 7.54. The lowest BCUT2D eigenvalue weighted by Crippen LogP contribution is -2.26. The van der Waals surface area contributed by atoms with E-state index in [0.717, 1.165) is 17.7 Å². The number of hydrogen-bond donors (Lipinski definition) is 2. The Labute approximate surface area is 93.4 Å². The number of aryl methyl sites for hydroxylation is 2. The van der Waals surface area contributed by atoms with Crippen molar-refractivity contribution in [3.05, 3.63) is 23.2 Å². The second-order valence-corrected chi connectivity index (χ2v) is 3.48. The van der Waals surface area contributed by atoms with E-state index in [-0.39, 0.29) is 24.6 Å². The van der Waals surface area contributed by atoms with Crippen LogP contribution in [0.5, 0.6) is 0 Å². The molecule has 1 aromatic rings. The maximum absolute atomic E-state index is 11.6. The Balaban J connectivity index is 2.58. The third-order valence-electron chi connectivity index (χ3n) is 2.15. The fourth-order valence-electron chi connectivity index (χ4n) is 1.31. The number of carboxylic acids is 1. The molecule has 0 saturated heterocycles. The summed E-state index contributed by atoms with van der Waals surface area (Å²) >= 11 is 0. The van der Waals surface area contributed by atoms with Gasteiger partial charge in [-0.15, -0.1) is 0 Å². The normalized spacial score (nSPS) is 10.1. The topological polar surface area (TPSA) is 79.5 Å². The van der Waals surface area contributed by atoms with Crippen LogP contribution in [0.3, 0.4) is 0 Å². The number of rotatable bonds is 5. The number of amides is 1. The Hall–Kier alpha value is -1.78. The maximum Gasteiger partial charge on any atom is 0.305 e. The van der Waals surface area contributed by atoms with Crippen molar-refractivity contribution in [2.75, 3.05) is 6.54 Å². The van der Waals surface area contributed by atoms with Crippen LogP contribution in [0.2, 0.25) is 0 Å². The van der Waals surface area contributed by atoms with Crippen molar-refractivity contribution in [3.8, 4) is 0 Å². The van der Waals surface area contributed by atoms with E-state index >= 15 is 0 Å². The molecule has 1 amide bonds. The van der Waals surface area contributed by atoms with Crippen molar-refractivity contribution in [2.45, 2.75) is 26.7 Å². The summed E-state index contributed by atoms with van der Waals surface area (Å²) in [4.78, 5) is 21.8. The van der Waals surface area contributed by atoms with Crippen molar-refractivity contribution in [1.29, 1.82) is 0 Å². The fraction of sp³-hybridized carbons (Fsp3) is 0.455. The van der Waals surface area contributed by atoms with Gasteiger partial charge in [-0.3, -0.25) is 9.59 Å². The first-order valence-corrected chi connectivity index (χ1v) is 5.14. The van der Waals surface area contributed by atoms with Gasteiger partial charge in [-0.1, -0.05) is 6.92 Å². The number of carboxylic acid groups (broad SMARTS) is 1. The molecule has 1 rings (SSSR count). The molecule has 0 atom stereocenters. The summed E-state index contributed by atoms with van der Waals surface area (Å²) in [5.41, 5.74) is 0.768. The van der Waals surface area contributed by atoms with Crippen LogP contribution in [-0.4, -0.2) is 23.5 Å². The van der Waals surface area contributed by atoms with Crippen molar-refractivity contribution in [3.63, 3.8) is 0 Å². The smallest absolute Gasteiger partial charge is 0.305 e. The fourth-order valence-corrected chi connectivity index (χ4v) is 1.31. The van der Waals surface area contributed by atoms with Gasteiger partial charge in [0.1, 0.15) is 5.76 Å². The quantitative estimate of drug-likeness (QED) is 0.792. The second kappa shape index (κ2) is 5.34. The molecule has 5 heteroatoms. The van der Waals surface area contributed by atoms with Gasteiger partial charge >= 0.3 is 5.97 Å². The van der Waals surface area contributed by atoms with Gasteiger partial charge in [0.25, 0.3) is 5.91 Å². The summed E-state index contributed by atoms with van der Waals surface area (Å²) in [6.07, 6.45) is 0.634. The van der Waals surface area contributed by atoms with Crippen LogP contribution in [0.25, 0.3) is 0 Å². The van der Waals surface area contributed by atoms with Crippen molar-refractivity contribution >= 4 is 11.9 Å². The Bertz CT molecular complexity index is 395. The molecule has 88 valence electrons. The van der Waals surface area contributed by atoms with Gasteiger partial charge in [-0.05, 0) is 13.0 Å². The summed E-state index contributed by atoms with van der Waals surface area (Å²) in [6.45, 7) is 3.83. The van der Waals surface area contributed by atoms with Gasteiger partial charge < -0.3 is 14.8 Å². The van der Waals surface area contributed by atoms with E-state index in [9.17, 15) is 9.59 Å². The van der Waals surface area contributed by atoms with Crippen LogP contribution in [0.15, 0.2) is 10.5 Å². The largest absolute Gasteiger partial charge is 0.481 e. The molecule has 1 heterocycles. The molecule has 0 bridgehead atoms. The Morgan fingerprint density at radius 3 is 2.69 bits per heavy atom. The molecule has 2 N–H and O–H groups in total. The minimum absolute atomic E-state index is 0.0911. The lowest BCUT2D eigenvalue weighted by Gasteiger charge is -2.01. The first-order valence-electron chi connectivity index (χ1n) is 5.14. The van der Waals surface area contributed by atoms with Crippen molar-refractivity contribution < 1.29 is 19.1 Å². The Morgan fingerprint density at radius 1 is 1.50 bits per heavy atom. The van der Waals surface area contributed by atoms with Crippen LogP contribution in [0.1, 0.15) is 35.2 Å². The zero-order chi connectivity index (χ0) is 12.1. The molecule has 0 unspecified atom stereocenters. The third kappa shape index (κ3) is 3.12. The molecule has 16 heavy (non-hydrogen) atoms. The highest BCUT2D eigenvalue weighted by Crippen LogP contribution is 2.14. The van der Waals surface area contributed by atoms with Gasteiger partial charge in [0, 0.05) is 18.5 Å². The molecule has 0 aromatic carbocycles. The first kappa shape index (κ1) is 12.3. The summed E-state index contributed by atoms with van der Waals surface area (Å²) in [5.74, 6) is -0.285. The number of furan rings is 1. The zero-order valence-electron chi connectivity index (χ0n) is 9.37. The van der Waals surface area contributed by atoms with E-state index in [2.05, 4.69) is 5.32 Å². The summed E-state index contributed by atoms with van der Waals surface area (Å²) in [7, 11) is 0. The molecule has 0 aliphatic carbocycles. The monoisotopic (exact) mass is 225 g/mol. The average molecular weight is 225 g/mol. The van der Waals surface area contributed by atoms with E-state index in [1.807, 2.05) is 13.0 Å². The number of hydrogen-bond acceptors (Lipinski definition) is 3. The lowest BCUT2D eigenvalue weighted by atomic mass is 10.2. The highest BCUT2D eigenvalue weighted by Gasteiger charge is 2.14. The number of carbonyl (C=O) groups is 2. The van der Waals surface area contributed by atoms with Crippen LogP contribution in [0, 0.1) is 6.92 Å². The van der Waals surface area contributed by atoms with E-state index in [1.54, 1.807) is 6.92 Å². The van der Waals surface area contributed by atoms with Gasteiger partial charge in [-0.2, -0.15) is 0 Å². The molecular formula is C11H15NO4. The number of aliphatic carboxylic acids is 1. The molecule has 0 aliphatic heterocycles. The highest BCUT2D eigenvalue weighted by molar-refractivity contribution is 5.93. The van der Waals surface area contributed by atoms with Gasteiger partial charge in [-0.25, -0.2) is 0 Å². The standard InChI is InChI=1S/C11H15NO4/c1-3-8-6-7(2)10(16-8)11(15)12-5-4-9(13)14/h6H,3-5H2,1-2H3,(H,12,15)(H,13,14). The van der Waals surface area contributed by atoms with Crippen molar-refractivity contribution in [2.24, 2.45) is 0 Å². The number of nitrogens with one attached hydrogen (secondary N) is 1. The summed E-state index contributed by atoms with van der Waals surface area (Å²) < 4.78 is 5.32. The molecule has 0 aliphatic rings. The summed E-state index contributed by atoms with van der Waals surface area (Å²) in [5, 5.41) is 10.9. The highest BCUT2D eigenvalue weighted by atomic mass is 16.4. The third-order valence-corrected chi connectivity index (χ3v) is 2.15. The molecular weight excluding hydrogens is 210 g/mol. The average Bonchev–Trinajstić information content (AvgIpc) is 2.59. The maximum atomic E-state index is 11.6. The zero-order valence-corrected chi connectivity index (χ0v) is 9.37. The van der Waals surface area contributed by atoms with E-state index in [1.165, 1.54) is 0 Å². The van der Waals surface area contributed by atoms with Gasteiger partial charge in [0.15, 0.2) is 5.76 Å². The predicted molar refractivity (Wildman–Crippen MR) is 57.4 cm³/mol. The van der Waals surface area contributed by atoms with E-state index in [0.29, 0.717) is 0 Å². The van der Waals surface area contributed by atoms with Crippen LogP contribution >= 0.6 is 0 Å². The van der Waals surface area contributed by atoms with E-state index < -0.39 is 5.97 Å². The minimum Gasteiger partial charge on any atom is -0.481 e. The molecule has 5 nitrogen and oxygen atoms in total. The predicted octanol–water partition coefficient (Wildman–Crippen LogP) is 1.35. The second-order valence-electron chi connectivity index (χ2n) is 3.48. The van der Waals surface area contributed by atoms with E-state index in [4.69, 9.17) is 9.52 Å². The van der Waals surface area contributed by atoms with Gasteiger partial charge in [0.05, 0.1) is 6.42 Å².